The average Bonchev–Trinajstić information content (AvgIpc) is 2.62. The van der Waals surface area contributed by atoms with Gasteiger partial charge in [0, 0.05) is 0 Å². The predicted molar refractivity (Wildman–Crippen MR) is 61.1 cm³/mol. The summed E-state index contributed by atoms with van der Waals surface area (Å²) in [5, 5.41) is 0. The molecule has 0 spiro atoms. The molecule has 1 aromatic carbocycles. The number of fused-ring (bicyclic) bond motifs is 1. The maximum atomic E-state index is 11.7. The summed E-state index contributed by atoms with van der Waals surface area (Å²) in [5.41, 5.74) is 6.95. The number of nitrogens with zero attached hydrogens (tertiary/aromatic N) is 2. The third kappa shape index (κ3) is 1.63. The lowest BCUT2D eigenvalue weighted by atomic mass is 10.3. The van der Waals surface area contributed by atoms with Crippen molar-refractivity contribution < 1.29 is 9.53 Å². The van der Waals surface area contributed by atoms with Gasteiger partial charge in [-0.05, 0) is 12.1 Å². The Labute approximate surface area is 92.1 Å². The van der Waals surface area contributed by atoms with Gasteiger partial charge in [0.25, 0.3) is 0 Å². The first-order valence-electron chi connectivity index (χ1n) is 4.75. The zero-order chi connectivity index (χ0) is 11.5. The van der Waals surface area contributed by atoms with Gasteiger partial charge in [0.2, 0.25) is 5.95 Å². The lowest BCUT2D eigenvalue weighted by Crippen LogP contribution is -2.15. The van der Waals surface area contributed by atoms with E-state index in [2.05, 4.69) is 11.6 Å². The second-order valence-corrected chi connectivity index (χ2v) is 3.16. The number of aromatic nitrogens is 2. The normalized spacial score (nSPS) is 10.2. The molecule has 16 heavy (non-hydrogen) atoms. The van der Waals surface area contributed by atoms with Gasteiger partial charge in [-0.1, -0.05) is 24.8 Å². The summed E-state index contributed by atoms with van der Waals surface area (Å²) in [7, 11) is 0. The molecule has 0 aliphatic rings. The third-order valence-corrected chi connectivity index (χ3v) is 2.09. The quantitative estimate of drug-likeness (QED) is 0.778. The zero-order valence-corrected chi connectivity index (χ0v) is 8.59. The number of hydrogen-bond acceptors (Lipinski definition) is 4. The molecule has 0 fully saturated rings. The molecule has 0 aliphatic carbocycles. The minimum Gasteiger partial charge on any atom is -0.445 e. The highest BCUT2D eigenvalue weighted by Gasteiger charge is 2.14. The molecule has 2 rings (SSSR count). The monoisotopic (exact) mass is 217 g/mol. The highest BCUT2D eigenvalue weighted by molar-refractivity contribution is 5.90. The number of anilines is 1. The molecule has 1 aromatic heterocycles. The van der Waals surface area contributed by atoms with Crippen LogP contribution in [0.3, 0.4) is 0 Å². The van der Waals surface area contributed by atoms with Crippen molar-refractivity contribution >= 4 is 23.1 Å². The molecule has 0 radical (unpaired) electrons. The first kappa shape index (κ1) is 10.2. The molecule has 82 valence electrons. The van der Waals surface area contributed by atoms with E-state index in [1.54, 1.807) is 18.2 Å². The van der Waals surface area contributed by atoms with Gasteiger partial charge in [-0.3, -0.25) is 0 Å². The first-order chi connectivity index (χ1) is 7.74. The van der Waals surface area contributed by atoms with Crippen LogP contribution in [0.1, 0.15) is 0 Å². The van der Waals surface area contributed by atoms with Gasteiger partial charge < -0.3 is 10.5 Å². The van der Waals surface area contributed by atoms with Crippen LogP contribution >= 0.6 is 0 Å². The van der Waals surface area contributed by atoms with E-state index in [1.165, 1.54) is 10.6 Å². The van der Waals surface area contributed by atoms with Crippen molar-refractivity contribution in [2.24, 2.45) is 0 Å². The molecule has 0 saturated heterocycles. The summed E-state index contributed by atoms with van der Waals surface area (Å²) < 4.78 is 6.15. The zero-order valence-electron chi connectivity index (χ0n) is 8.59. The van der Waals surface area contributed by atoms with Crippen molar-refractivity contribution in [1.29, 1.82) is 0 Å². The first-order valence-corrected chi connectivity index (χ1v) is 4.75. The van der Waals surface area contributed by atoms with Gasteiger partial charge in [-0.15, -0.1) is 0 Å². The minimum absolute atomic E-state index is 0.121. The molecule has 0 atom stereocenters. The number of ether oxygens (including phenoxy) is 1. The molecule has 1 heterocycles. The molecule has 0 amide bonds. The van der Waals surface area contributed by atoms with Crippen LogP contribution in [0, 0.1) is 0 Å². The highest BCUT2D eigenvalue weighted by atomic mass is 16.5. The van der Waals surface area contributed by atoms with Gasteiger partial charge in [0.1, 0.15) is 6.61 Å². The molecule has 0 saturated carbocycles. The Kier molecular flexibility index (Phi) is 2.59. The maximum Gasteiger partial charge on any atom is 0.421 e. The van der Waals surface area contributed by atoms with E-state index in [0.717, 1.165) is 0 Å². The molecular weight excluding hydrogens is 206 g/mol. The number of imidazole rings is 1. The SMILES string of the molecule is C=CCOC(=O)n1c(N)nc2ccccc21. The van der Waals surface area contributed by atoms with E-state index in [9.17, 15) is 4.79 Å². The number of carbonyl (C=O) groups excluding carboxylic acids is 1. The van der Waals surface area contributed by atoms with E-state index in [0.29, 0.717) is 11.0 Å². The van der Waals surface area contributed by atoms with Crippen LogP contribution in [0.4, 0.5) is 10.7 Å². The molecule has 2 N–H and O–H groups in total. The van der Waals surface area contributed by atoms with Crippen molar-refractivity contribution in [1.82, 2.24) is 9.55 Å². The number of rotatable bonds is 2. The standard InChI is InChI=1S/C11H11N3O2/c1-2-7-16-11(15)14-9-6-4-3-5-8(9)13-10(14)12/h2-6H,1,7H2,(H2,12,13). The molecule has 2 aromatic rings. The van der Waals surface area contributed by atoms with Crippen molar-refractivity contribution in [3.8, 4) is 0 Å². The summed E-state index contributed by atoms with van der Waals surface area (Å²) in [5.74, 6) is 0.121. The predicted octanol–water partition coefficient (Wildman–Crippen LogP) is 1.79. The average molecular weight is 217 g/mol. The third-order valence-electron chi connectivity index (χ3n) is 2.09. The van der Waals surface area contributed by atoms with Crippen molar-refractivity contribution in [3.05, 3.63) is 36.9 Å². The van der Waals surface area contributed by atoms with Crippen LogP contribution in [-0.4, -0.2) is 22.3 Å². The van der Waals surface area contributed by atoms with E-state index >= 15 is 0 Å². The Bertz CT molecular complexity index is 545. The minimum atomic E-state index is -0.550. The Morgan fingerprint density at radius 2 is 2.31 bits per heavy atom. The Hall–Kier alpha value is -2.30. The number of nitrogen functional groups attached to an aromatic ring is 1. The maximum absolute atomic E-state index is 11.7. The second kappa shape index (κ2) is 4.06. The summed E-state index contributed by atoms with van der Waals surface area (Å²) in [6, 6.07) is 7.17. The lowest BCUT2D eigenvalue weighted by molar-refractivity contribution is 0.161. The van der Waals surface area contributed by atoms with E-state index in [1.807, 2.05) is 6.07 Å². The summed E-state index contributed by atoms with van der Waals surface area (Å²) in [6.07, 6.45) is 0.943. The topological polar surface area (TPSA) is 70.1 Å². The fraction of sp³-hybridized carbons (Fsp3) is 0.0909. The largest absolute Gasteiger partial charge is 0.445 e. The van der Waals surface area contributed by atoms with Crippen molar-refractivity contribution in [3.63, 3.8) is 0 Å². The van der Waals surface area contributed by atoms with Crippen LogP contribution in [0.15, 0.2) is 36.9 Å². The van der Waals surface area contributed by atoms with Gasteiger partial charge in [-0.25, -0.2) is 14.3 Å². The smallest absolute Gasteiger partial charge is 0.421 e. The van der Waals surface area contributed by atoms with Gasteiger partial charge in [-0.2, -0.15) is 0 Å². The van der Waals surface area contributed by atoms with E-state index in [4.69, 9.17) is 10.5 Å². The summed E-state index contributed by atoms with van der Waals surface area (Å²) >= 11 is 0. The highest BCUT2D eigenvalue weighted by Crippen LogP contribution is 2.17. The molecule has 0 unspecified atom stereocenters. The van der Waals surface area contributed by atoms with Gasteiger partial charge in [0.05, 0.1) is 11.0 Å². The van der Waals surface area contributed by atoms with Crippen LogP contribution in [-0.2, 0) is 4.74 Å². The Morgan fingerprint density at radius 3 is 3.06 bits per heavy atom. The van der Waals surface area contributed by atoms with Crippen LogP contribution < -0.4 is 5.73 Å². The van der Waals surface area contributed by atoms with Gasteiger partial charge in [0.15, 0.2) is 0 Å². The van der Waals surface area contributed by atoms with E-state index in [-0.39, 0.29) is 12.6 Å². The Morgan fingerprint density at radius 1 is 1.56 bits per heavy atom. The summed E-state index contributed by atoms with van der Waals surface area (Å²) in [4.78, 5) is 15.7. The van der Waals surface area contributed by atoms with Crippen LogP contribution in [0.25, 0.3) is 11.0 Å². The molecule has 5 nitrogen and oxygen atoms in total. The molecule has 5 heteroatoms. The van der Waals surface area contributed by atoms with Crippen LogP contribution in [0.2, 0.25) is 0 Å². The number of hydrogen-bond donors (Lipinski definition) is 1. The second-order valence-electron chi connectivity index (χ2n) is 3.16. The molecule has 0 aliphatic heterocycles. The summed E-state index contributed by atoms with van der Waals surface area (Å²) in [6.45, 7) is 3.61. The fourth-order valence-corrected chi connectivity index (χ4v) is 1.43. The lowest BCUT2D eigenvalue weighted by Gasteiger charge is -2.04. The van der Waals surface area contributed by atoms with Crippen molar-refractivity contribution in [2.45, 2.75) is 0 Å². The van der Waals surface area contributed by atoms with Gasteiger partial charge >= 0.3 is 6.09 Å². The fourth-order valence-electron chi connectivity index (χ4n) is 1.43. The van der Waals surface area contributed by atoms with Crippen molar-refractivity contribution in [2.75, 3.05) is 12.3 Å². The number of para-hydroxylation sites is 2. The number of benzene rings is 1. The Balaban J connectivity index is 2.46. The van der Waals surface area contributed by atoms with Crippen LogP contribution in [0.5, 0.6) is 0 Å². The molecule has 0 bridgehead atoms. The molecular formula is C11H11N3O2. The number of carbonyl (C=O) groups is 1. The van der Waals surface area contributed by atoms with E-state index < -0.39 is 6.09 Å². The number of nitrogens with two attached hydrogens (primary N) is 1.